The van der Waals surface area contributed by atoms with Crippen LogP contribution in [0.2, 0.25) is 0 Å². The van der Waals surface area contributed by atoms with Gasteiger partial charge in [-0.2, -0.15) is 0 Å². The van der Waals surface area contributed by atoms with E-state index in [0.29, 0.717) is 17.8 Å². The number of hydrogen-bond donors (Lipinski definition) is 1. The van der Waals surface area contributed by atoms with E-state index in [1.807, 2.05) is 4.72 Å². The highest BCUT2D eigenvalue weighted by molar-refractivity contribution is 7.92. The number of aromatic nitrogens is 3. The van der Waals surface area contributed by atoms with Gasteiger partial charge in [0.25, 0.3) is 10.0 Å². The van der Waals surface area contributed by atoms with Crippen LogP contribution in [0, 0.1) is 11.6 Å². The maximum atomic E-state index is 14.1. The van der Waals surface area contributed by atoms with E-state index < -0.39 is 38.9 Å². The summed E-state index contributed by atoms with van der Waals surface area (Å²) in [7, 11) is -3.18. The van der Waals surface area contributed by atoms with Crippen molar-refractivity contribution in [2.75, 3.05) is 11.8 Å². The van der Waals surface area contributed by atoms with E-state index in [9.17, 15) is 22.0 Å². The summed E-state index contributed by atoms with van der Waals surface area (Å²) >= 11 is 0. The number of esters is 1. The Bertz CT molecular complexity index is 1080. The predicted molar refractivity (Wildman–Crippen MR) is 89.9 cm³/mol. The topological polar surface area (TPSA) is 103 Å². The minimum atomic E-state index is -4.19. The third-order valence-corrected chi connectivity index (χ3v) is 4.95. The average molecular weight is 394 g/mol. The number of carbonyl (C=O) groups is 1. The van der Waals surface area contributed by atoms with Crippen molar-refractivity contribution in [1.29, 1.82) is 0 Å². The molecular formula is C16H12F2N4O4S. The quantitative estimate of drug-likeness (QED) is 0.665. The number of nitrogens with one attached hydrogen (secondary N) is 1. The summed E-state index contributed by atoms with van der Waals surface area (Å²) in [5, 5.41) is 7.28. The van der Waals surface area contributed by atoms with Crippen LogP contribution in [-0.4, -0.2) is 36.3 Å². The zero-order valence-corrected chi connectivity index (χ0v) is 14.6. The van der Waals surface area contributed by atoms with Gasteiger partial charge in [0, 0.05) is 11.8 Å². The lowest BCUT2D eigenvalue weighted by molar-refractivity contribution is 0.0595. The molecule has 0 aliphatic rings. The first-order chi connectivity index (χ1) is 12.8. The third kappa shape index (κ3) is 3.77. The first kappa shape index (κ1) is 18.5. The van der Waals surface area contributed by atoms with Gasteiger partial charge in [0.1, 0.15) is 24.3 Å². The Balaban J connectivity index is 1.88. The monoisotopic (exact) mass is 394 g/mol. The second kappa shape index (κ2) is 7.11. The molecule has 11 heteroatoms. The molecule has 0 atom stereocenters. The van der Waals surface area contributed by atoms with E-state index >= 15 is 0 Å². The van der Waals surface area contributed by atoms with Crippen molar-refractivity contribution >= 4 is 21.7 Å². The standard InChI is InChI=1S/C16H12F2N4O4S/c1-26-16(23)12-6-14(18)15(7-13(12)17)21-27(24,25)11-4-2-10(3-5-11)22-8-19-20-9-22/h2-9,21H,1H3. The first-order valence-corrected chi connectivity index (χ1v) is 8.85. The SMILES string of the molecule is COC(=O)c1cc(F)c(NS(=O)(=O)c2ccc(-n3cnnc3)cc2)cc1F. The number of anilines is 1. The summed E-state index contributed by atoms with van der Waals surface area (Å²) in [6, 6.07) is 6.70. The van der Waals surface area contributed by atoms with Crippen LogP contribution in [0.3, 0.4) is 0 Å². The fourth-order valence-corrected chi connectivity index (χ4v) is 3.28. The van der Waals surface area contributed by atoms with Gasteiger partial charge in [0.2, 0.25) is 0 Å². The number of hydrogen-bond acceptors (Lipinski definition) is 6. The zero-order chi connectivity index (χ0) is 19.6. The van der Waals surface area contributed by atoms with E-state index in [-0.39, 0.29) is 4.90 Å². The number of sulfonamides is 1. The van der Waals surface area contributed by atoms with Crippen LogP contribution in [0.4, 0.5) is 14.5 Å². The molecule has 1 heterocycles. The predicted octanol–water partition coefficient (Wildman–Crippen LogP) is 2.13. The van der Waals surface area contributed by atoms with Gasteiger partial charge in [-0.05, 0) is 30.3 Å². The Morgan fingerprint density at radius 2 is 1.70 bits per heavy atom. The zero-order valence-electron chi connectivity index (χ0n) is 13.8. The minimum Gasteiger partial charge on any atom is -0.465 e. The first-order valence-electron chi connectivity index (χ1n) is 7.37. The average Bonchev–Trinajstić information content (AvgIpc) is 3.18. The molecule has 2 aromatic carbocycles. The van der Waals surface area contributed by atoms with Crippen molar-refractivity contribution in [3.8, 4) is 5.69 Å². The highest BCUT2D eigenvalue weighted by Crippen LogP contribution is 2.23. The van der Waals surface area contributed by atoms with Crippen LogP contribution in [0.25, 0.3) is 5.69 Å². The molecule has 1 N–H and O–H groups in total. The van der Waals surface area contributed by atoms with E-state index in [1.165, 1.54) is 36.9 Å². The lowest BCUT2D eigenvalue weighted by atomic mass is 10.2. The van der Waals surface area contributed by atoms with Crippen LogP contribution in [0.15, 0.2) is 53.9 Å². The van der Waals surface area contributed by atoms with Gasteiger partial charge in [0.15, 0.2) is 0 Å². The van der Waals surface area contributed by atoms with E-state index in [1.54, 1.807) is 4.57 Å². The summed E-state index contributed by atoms with van der Waals surface area (Å²) in [4.78, 5) is 11.2. The number of halogens is 2. The summed E-state index contributed by atoms with van der Waals surface area (Å²) in [5.74, 6) is -3.32. The fraction of sp³-hybridized carbons (Fsp3) is 0.0625. The molecule has 0 saturated heterocycles. The second-order valence-corrected chi connectivity index (χ2v) is 6.95. The summed E-state index contributed by atoms with van der Waals surface area (Å²) in [6.07, 6.45) is 2.87. The van der Waals surface area contributed by atoms with Crippen molar-refractivity contribution in [3.63, 3.8) is 0 Å². The lowest BCUT2D eigenvalue weighted by Crippen LogP contribution is -2.15. The molecule has 0 aliphatic carbocycles. The Labute approximate surface area is 152 Å². The molecule has 0 amide bonds. The van der Waals surface area contributed by atoms with Gasteiger partial charge in [-0.1, -0.05) is 0 Å². The fourth-order valence-electron chi connectivity index (χ4n) is 2.23. The highest BCUT2D eigenvalue weighted by Gasteiger charge is 2.21. The molecule has 8 nitrogen and oxygen atoms in total. The van der Waals surface area contributed by atoms with Gasteiger partial charge in [-0.15, -0.1) is 10.2 Å². The number of nitrogens with zero attached hydrogens (tertiary/aromatic N) is 3. The Hall–Kier alpha value is -3.34. The maximum Gasteiger partial charge on any atom is 0.340 e. The number of rotatable bonds is 5. The van der Waals surface area contributed by atoms with Crippen molar-refractivity contribution in [1.82, 2.24) is 14.8 Å². The molecule has 0 fully saturated rings. The van der Waals surface area contributed by atoms with Crippen molar-refractivity contribution < 1.29 is 26.7 Å². The minimum absolute atomic E-state index is 0.170. The Kier molecular flexibility index (Phi) is 4.86. The molecular weight excluding hydrogens is 382 g/mol. The molecule has 0 radical (unpaired) electrons. The summed E-state index contributed by atoms with van der Waals surface area (Å²) in [6.45, 7) is 0. The van der Waals surface area contributed by atoms with E-state index in [0.717, 1.165) is 7.11 Å². The largest absolute Gasteiger partial charge is 0.465 e. The van der Waals surface area contributed by atoms with Gasteiger partial charge in [0.05, 0.1) is 23.3 Å². The van der Waals surface area contributed by atoms with Gasteiger partial charge < -0.3 is 4.74 Å². The smallest absolute Gasteiger partial charge is 0.340 e. The highest BCUT2D eigenvalue weighted by atomic mass is 32.2. The lowest BCUT2D eigenvalue weighted by Gasteiger charge is -2.11. The maximum absolute atomic E-state index is 14.1. The number of methoxy groups -OCH3 is 1. The Morgan fingerprint density at radius 1 is 1.07 bits per heavy atom. The van der Waals surface area contributed by atoms with Crippen LogP contribution >= 0.6 is 0 Å². The van der Waals surface area contributed by atoms with Crippen LogP contribution in [0.1, 0.15) is 10.4 Å². The summed E-state index contributed by atoms with van der Waals surface area (Å²) < 4.78 is 60.7. The molecule has 0 spiro atoms. The number of carbonyl (C=O) groups excluding carboxylic acids is 1. The van der Waals surface area contributed by atoms with Gasteiger partial charge in [-0.3, -0.25) is 9.29 Å². The van der Waals surface area contributed by atoms with Crippen LogP contribution in [-0.2, 0) is 14.8 Å². The van der Waals surface area contributed by atoms with Gasteiger partial charge in [-0.25, -0.2) is 22.0 Å². The molecule has 140 valence electrons. The molecule has 0 unspecified atom stereocenters. The summed E-state index contributed by atoms with van der Waals surface area (Å²) in [5.41, 5.74) is -0.669. The molecule has 0 saturated carbocycles. The van der Waals surface area contributed by atoms with Crippen molar-refractivity contribution in [2.45, 2.75) is 4.90 Å². The van der Waals surface area contributed by atoms with E-state index in [4.69, 9.17) is 0 Å². The molecule has 3 rings (SSSR count). The normalized spacial score (nSPS) is 11.2. The van der Waals surface area contributed by atoms with Crippen LogP contribution in [0.5, 0.6) is 0 Å². The molecule has 0 aliphatic heterocycles. The van der Waals surface area contributed by atoms with E-state index in [2.05, 4.69) is 14.9 Å². The Morgan fingerprint density at radius 3 is 2.30 bits per heavy atom. The molecule has 27 heavy (non-hydrogen) atoms. The van der Waals surface area contributed by atoms with Gasteiger partial charge >= 0.3 is 5.97 Å². The van der Waals surface area contributed by atoms with Crippen molar-refractivity contribution in [3.05, 3.63) is 66.3 Å². The molecule has 0 bridgehead atoms. The van der Waals surface area contributed by atoms with Crippen LogP contribution < -0.4 is 4.72 Å². The number of ether oxygens (including phenoxy) is 1. The molecule has 1 aromatic heterocycles. The molecule has 3 aromatic rings. The second-order valence-electron chi connectivity index (χ2n) is 5.27. The third-order valence-electron chi connectivity index (χ3n) is 3.57. The van der Waals surface area contributed by atoms with Crippen molar-refractivity contribution in [2.24, 2.45) is 0 Å². The number of benzene rings is 2.